The molecular formula is C17H18N2O4. The lowest BCUT2D eigenvalue weighted by Gasteiger charge is -2.15. The van der Waals surface area contributed by atoms with Gasteiger partial charge in [-0.25, -0.2) is 0 Å². The van der Waals surface area contributed by atoms with E-state index in [1.54, 1.807) is 56.5 Å². The molecule has 0 aromatic heterocycles. The quantitative estimate of drug-likeness (QED) is 0.855. The van der Waals surface area contributed by atoms with E-state index in [-0.39, 0.29) is 5.91 Å². The van der Waals surface area contributed by atoms with E-state index < -0.39 is 12.0 Å². The second-order valence-corrected chi connectivity index (χ2v) is 4.87. The highest BCUT2D eigenvalue weighted by Crippen LogP contribution is 2.18. The van der Waals surface area contributed by atoms with Crippen molar-refractivity contribution in [1.82, 2.24) is 0 Å². The minimum absolute atomic E-state index is 0.325. The van der Waals surface area contributed by atoms with Gasteiger partial charge in [0.05, 0.1) is 7.11 Å². The topological polar surface area (TPSA) is 90.7 Å². The maximum atomic E-state index is 12.1. The standard InChI is InChI=1S/C17H18N2O4/c1-11(23-15-8-6-14(22-2)7-9-15)17(21)19-13-5-3-4-12(10-13)16(18)20/h3-11H,1-2H3,(H2,18,20)(H,19,21)/t11-/m1/s1. The van der Waals surface area contributed by atoms with Gasteiger partial charge in [-0.1, -0.05) is 6.07 Å². The molecule has 23 heavy (non-hydrogen) atoms. The summed E-state index contributed by atoms with van der Waals surface area (Å²) in [6, 6.07) is 13.3. The number of ether oxygens (including phenoxy) is 2. The van der Waals surface area contributed by atoms with Crippen molar-refractivity contribution in [3.63, 3.8) is 0 Å². The molecule has 0 fully saturated rings. The number of anilines is 1. The number of hydrogen-bond donors (Lipinski definition) is 2. The van der Waals surface area contributed by atoms with Crippen molar-refractivity contribution < 1.29 is 19.1 Å². The van der Waals surface area contributed by atoms with E-state index in [1.165, 1.54) is 6.07 Å². The zero-order chi connectivity index (χ0) is 16.8. The molecule has 2 aromatic rings. The van der Waals surface area contributed by atoms with E-state index in [2.05, 4.69) is 5.32 Å². The molecule has 0 saturated heterocycles. The number of hydrogen-bond acceptors (Lipinski definition) is 4. The number of benzene rings is 2. The van der Waals surface area contributed by atoms with Crippen molar-refractivity contribution in [3.8, 4) is 11.5 Å². The van der Waals surface area contributed by atoms with Crippen molar-refractivity contribution in [2.75, 3.05) is 12.4 Å². The molecule has 0 aliphatic carbocycles. The number of methoxy groups -OCH3 is 1. The Balaban J connectivity index is 1.99. The first-order valence-corrected chi connectivity index (χ1v) is 7.01. The van der Waals surface area contributed by atoms with Crippen LogP contribution < -0.4 is 20.5 Å². The highest BCUT2D eigenvalue weighted by Gasteiger charge is 2.15. The second kappa shape index (κ2) is 7.31. The smallest absolute Gasteiger partial charge is 0.265 e. The van der Waals surface area contributed by atoms with Crippen LogP contribution in [0.4, 0.5) is 5.69 Å². The Bertz CT molecular complexity index is 698. The zero-order valence-electron chi connectivity index (χ0n) is 12.9. The van der Waals surface area contributed by atoms with Crippen LogP contribution in [0, 0.1) is 0 Å². The minimum atomic E-state index is -0.708. The Morgan fingerprint density at radius 2 is 1.74 bits per heavy atom. The molecule has 0 unspecified atom stereocenters. The molecule has 0 aliphatic rings. The van der Waals surface area contributed by atoms with Gasteiger partial charge in [-0.2, -0.15) is 0 Å². The molecule has 0 saturated carbocycles. The molecule has 0 spiro atoms. The first-order chi connectivity index (χ1) is 11.0. The lowest BCUT2D eigenvalue weighted by atomic mass is 10.2. The third kappa shape index (κ3) is 4.47. The Morgan fingerprint density at radius 1 is 1.09 bits per heavy atom. The zero-order valence-corrected chi connectivity index (χ0v) is 12.9. The van der Waals surface area contributed by atoms with Gasteiger partial charge < -0.3 is 20.5 Å². The molecule has 6 heteroatoms. The largest absolute Gasteiger partial charge is 0.497 e. The van der Waals surface area contributed by atoms with Gasteiger partial charge in [0.1, 0.15) is 11.5 Å². The molecule has 2 amide bonds. The summed E-state index contributed by atoms with van der Waals surface area (Å²) in [5.74, 6) is 0.378. The highest BCUT2D eigenvalue weighted by molar-refractivity contribution is 5.97. The van der Waals surface area contributed by atoms with Gasteiger partial charge in [-0.3, -0.25) is 9.59 Å². The Hall–Kier alpha value is -3.02. The van der Waals surface area contributed by atoms with E-state index in [9.17, 15) is 9.59 Å². The van der Waals surface area contributed by atoms with E-state index in [0.717, 1.165) is 0 Å². The van der Waals surface area contributed by atoms with Crippen molar-refractivity contribution >= 4 is 17.5 Å². The van der Waals surface area contributed by atoms with Crippen LogP contribution in [-0.4, -0.2) is 25.0 Å². The summed E-state index contributed by atoms with van der Waals surface area (Å²) in [7, 11) is 1.58. The van der Waals surface area contributed by atoms with E-state index in [1.807, 2.05) is 0 Å². The van der Waals surface area contributed by atoms with Crippen LogP contribution in [0.15, 0.2) is 48.5 Å². The van der Waals surface area contributed by atoms with E-state index in [0.29, 0.717) is 22.7 Å². The molecule has 3 N–H and O–H groups in total. The normalized spacial score (nSPS) is 11.4. The molecule has 2 aromatic carbocycles. The predicted octanol–water partition coefficient (Wildman–Crippen LogP) is 2.20. The molecule has 120 valence electrons. The van der Waals surface area contributed by atoms with Crippen molar-refractivity contribution in [1.29, 1.82) is 0 Å². The van der Waals surface area contributed by atoms with Gasteiger partial charge in [0, 0.05) is 11.3 Å². The third-order valence-corrected chi connectivity index (χ3v) is 3.16. The number of nitrogens with two attached hydrogens (primary N) is 1. The first-order valence-electron chi connectivity index (χ1n) is 7.01. The fourth-order valence-electron chi connectivity index (χ4n) is 1.91. The fraction of sp³-hybridized carbons (Fsp3) is 0.176. The maximum Gasteiger partial charge on any atom is 0.265 e. The number of amides is 2. The minimum Gasteiger partial charge on any atom is -0.497 e. The summed E-state index contributed by atoms with van der Waals surface area (Å²) in [5.41, 5.74) is 6.02. The summed E-state index contributed by atoms with van der Waals surface area (Å²) in [6.45, 7) is 1.64. The lowest BCUT2D eigenvalue weighted by molar-refractivity contribution is -0.122. The van der Waals surface area contributed by atoms with Gasteiger partial charge in [0.2, 0.25) is 5.91 Å². The Labute approximate surface area is 134 Å². The highest BCUT2D eigenvalue weighted by atomic mass is 16.5. The van der Waals surface area contributed by atoms with E-state index in [4.69, 9.17) is 15.2 Å². The van der Waals surface area contributed by atoms with E-state index >= 15 is 0 Å². The number of nitrogens with one attached hydrogen (secondary N) is 1. The monoisotopic (exact) mass is 314 g/mol. The molecule has 0 radical (unpaired) electrons. The van der Waals surface area contributed by atoms with Crippen LogP contribution >= 0.6 is 0 Å². The number of carbonyl (C=O) groups is 2. The Kier molecular flexibility index (Phi) is 5.19. The maximum absolute atomic E-state index is 12.1. The average molecular weight is 314 g/mol. The summed E-state index contributed by atoms with van der Waals surface area (Å²) in [5, 5.41) is 2.68. The molecule has 2 rings (SSSR count). The van der Waals surface area contributed by atoms with Crippen molar-refractivity contribution in [3.05, 3.63) is 54.1 Å². The summed E-state index contributed by atoms with van der Waals surface area (Å²) in [4.78, 5) is 23.3. The number of rotatable bonds is 6. The van der Waals surface area contributed by atoms with Gasteiger partial charge >= 0.3 is 0 Å². The predicted molar refractivity (Wildman–Crippen MR) is 86.7 cm³/mol. The van der Waals surface area contributed by atoms with Crippen LogP contribution in [0.2, 0.25) is 0 Å². The van der Waals surface area contributed by atoms with Crippen LogP contribution in [0.3, 0.4) is 0 Å². The molecule has 0 aliphatic heterocycles. The van der Waals surface area contributed by atoms with Gasteiger partial charge in [0.25, 0.3) is 5.91 Å². The average Bonchev–Trinajstić information content (AvgIpc) is 2.55. The van der Waals surface area contributed by atoms with Crippen LogP contribution in [0.25, 0.3) is 0 Å². The SMILES string of the molecule is COc1ccc(O[C@H](C)C(=O)Nc2cccc(C(N)=O)c2)cc1. The molecule has 0 heterocycles. The van der Waals surface area contributed by atoms with Gasteiger partial charge in [-0.15, -0.1) is 0 Å². The van der Waals surface area contributed by atoms with Gasteiger partial charge in [-0.05, 0) is 49.4 Å². The summed E-state index contributed by atoms with van der Waals surface area (Å²) in [6.07, 6.45) is -0.708. The lowest BCUT2D eigenvalue weighted by Crippen LogP contribution is -2.30. The molecule has 0 bridgehead atoms. The van der Waals surface area contributed by atoms with Crippen molar-refractivity contribution in [2.24, 2.45) is 5.73 Å². The van der Waals surface area contributed by atoms with Crippen LogP contribution in [-0.2, 0) is 4.79 Å². The first kappa shape index (κ1) is 16.4. The number of carbonyl (C=O) groups excluding carboxylic acids is 2. The molecule has 1 atom stereocenters. The van der Waals surface area contributed by atoms with Gasteiger partial charge in [0.15, 0.2) is 6.10 Å². The van der Waals surface area contributed by atoms with Crippen LogP contribution in [0.1, 0.15) is 17.3 Å². The second-order valence-electron chi connectivity index (χ2n) is 4.87. The summed E-state index contributed by atoms with van der Waals surface area (Å²) >= 11 is 0. The molecular weight excluding hydrogens is 296 g/mol. The van der Waals surface area contributed by atoms with Crippen LogP contribution in [0.5, 0.6) is 11.5 Å². The Morgan fingerprint density at radius 3 is 2.35 bits per heavy atom. The molecule has 6 nitrogen and oxygen atoms in total. The fourth-order valence-corrected chi connectivity index (χ4v) is 1.91. The number of primary amides is 1. The van der Waals surface area contributed by atoms with Crippen molar-refractivity contribution in [2.45, 2.75) is 13.0 Å². The summed E-state index contributed by atoms with van der Waals surface area (Å²) < 4.78 is 10.6. The third-order valence-electron chi connectivity index (χ3n) is 3.16.